The molecule has 0 bridgehead atoms. The molecule has 2 aromatic rings. The number of hydrogen-bond acceptors (Lipinski definition) is 4. The Labute approximate surface area is 114 Å². The molecular weight excluding hydrogens is 294 g/mol. The molecule has 4 nitrogen and oxygen atoms in total. The number of nitrogens with zero attached hydrogens (tertiary/aromatic N) is 2. The second-order valence-electron chi connectivity index (χ2n) is 4.21. The number of rotatable bonds is 2. The number of benzene rings is 1. The topological polar surface area (TPSA) is 37.4 Å². The smallest absolute Gasteiger partial charge is 0.148 e. The van der Waals surface area contributed by atoms with Gasteiger partial charge in [-0.05, 0) is 12.1 Å². The molecule has 1 aromatic carbocycles. The molecule has 0 aliphatic carbocycles. The van der Waals surface area contributed by atoms with Gasteiger partial charge in [0.2, 0.25) is 0 Å². The van der Waals surface area contributed by atoms with Crippen molar-refractivity contribution in [2.45, 2.75) is 0 Å². The highest BCUT2D eigenvalue weighted by atomic mass is 79.9. The fourth-order valence-electron chi connectivity index (χ4n) is 2.08. The van der Waals surface area contributed by atoms with Gasteiger partial charge < -0.3 is 10.2 Å². The molecule has 1 aromatic heterocycles. The van der Waals surface area contributed by atoms with Crippen LogP contribution in [0.15, 0.2) is 34.9 Å². The summed E-state index contributed by atoms with van der Waals surface area (Å²) < 4.78 is 6.42. The third kappa shape index (κ3) is 2.34. The lowest BCUT2D eigenvalue weighted by Crippen LogP contribution is -2.40. The Balaban J connectivity index is 1.93. The zero-order valence-corrected chi connectivity index (χ0v) is 11.5. The van der Waals surface area contributed by atoms with Crippen molar-refractivity contribution in [3.05, 3.63) is 34.9 Å². The third-order valence-corrected chi connectivity index (χ3v) is 3.72. The number of nitrogens with one attached hydrogen (secondary N) is 1. The summed E-state index contributed by atoms with van der Waals surface area (Å²) in [5.74, 6) is 0.899. The minimum Gasteiger partial charge on any atom is -0.379 e. The number of fused-ring (bicyclic) bond motifs is 1. The monoisotopic (exact) mass is 307 g/mol. The number of hydrazine groups is 1. The van der Waals surface area contributed by atoms with E-state index in [2.05, 4.69) is 37.4 Å². The predicted molar refractivity (Wildman–Crippen MR) is 75.5 cm³/mol. The molecule has 3 rings (SSSR count). The predicted octanol–water partition coefficient (Wildman–Crippen LogP) is 2.66. The molecule has 0 radical (unpaired) electrons. The first-order valence-electron chi connectivity index (χ1n) is 5.97. The van der Waals surface area contributed by atoms with Crippen LogP contribution >= 0.6 is 15.9 Å². The van der Waals surface area contributed by atoms with Crippen LogP contribution in [-0.4, -0.2) is 36.3 Å². The van der Waals surface area contributed by atoms with Gasteiger partial charge in [0.05, 0.1) is 13.2 Å². The Morgan fingerprint density at radius 2 is 2.00 bits per heavy atom. The molecule has 94 valence electrons. The summed E-state index contributed by atoms with van der Waals surface area (Å²) in [6.07, 6.45) is 1.83. The molecule has 5 heteroatoms. The van der Waals surface area contributed by atoms with Crippen molar-refractivity contribution in [3.8, 4) is 0 Å². The maximum absolute atomic E-state index is 5.33. The highest BCUT2D eigenvalue weighted by molar-refractivity contribution is 9.10. The lowest BCUT2D eigenvalue weighted by Gasteiger charge is -2.27. The molecule has 1 saturated heterocycles. The number of morpholine rings is 1. The lowest BCUT2D eigenvalue weighted by atomic mass is 10.1. The van der Waals surface area contributed by atoms with Gasteiger partial charge in [-0.3, -0.25) is 0 Å². The number of aromatic nitrogens is 1. The van der Waals surface area contributed by atoms with Gasteiger partial charge >= 0.3 is 0 Å². The van der Waals surface area contributed by atoms with E-state index in [4.69, 9.17) is 4.74 Å². The van der Waals surface area contributed by atoms with E-state index in [9.17, 15) is 0 Å². The zero-order chi connectivity index (χ0) is 12.4. The van der Waals surface area contributed by atoms with E-state index in [0.29, 0.717) is 0 Å². The second-order valence-corrected chi connectivity index (χ2v) is 5.06. The summed E-state index contributed by atoms with van der Waals surface area (Å²) in [5.41, 5.74) is 3.37. The molecule has 1 N–H and O–H groups in total. The van der Waals surface area contributed by atoms with Crippen molar-refractivity contribution in [2.24, 2.45) is 0 Å². The van der Waals surface area contributed by atoms with Crippen LogP contribution in [0.2, 0.25) is 0 Å². The van der Waals surface area contributed by atoms with Crippen LogP contribution in [0.1, 0.15) is 0 Å². The number of pyridine rings is 1. The van der Waals surface area contributed by atoms with Crippen LogP contribution in [0.4, 0.5) is 5.82 Å². The molecule has 18 heavy (non-hydrogen) atoms. The lowest BCUT2D eigenvalue weighted by molar-refractivity contribution is 0.0495. The average molecular weight is 308 g/mol. The zero-order valence-electron chi connectivity index (χ0n) is 9.90. The van der Waals surface area contributed by atoms with Crippen molar-refractivity contribution < 1.29 is 4.74 Å². The van der Waals surface area contributed by atoms with Gasteiger partial charge in [0.15, 0.2) is 0 Å². The number of anilines is 1. The Morgan fingerprint density at radius 3 is 2.83 bits per heavy atom. The maximum atomic E-state index is 5.33. The van der Waals surface area contributed by atoms with Crippen molar-refractivity contribution >= 4 is 32.5 Å². The SMILES string of the molecule is Brc1cccc2c(NN3CCOCC3)nccc12. The van der Waals surface area contributed by atoms with E-state index in [1.807, 2.05) is 24.4 Å². The van der Waals surface area contributed by atoms with Gasteiger partial charge in [-0.15, -0.1) is 0 Å². The van der Waals surface area contributed by atoms with Crippen LogP contribution in [0.5, 0.6) is 0 Å². The average Bonchev–Trinajstić information content (AvgIpc) is 2.41. The van der Waals surface area contributed by atoms with Gasteiger partial charge in [-0.2, -0.15) is 0 Å². The van der Waals surface area contributed by atoms with Gasteiger partial charge in [-0.25, -0.2) is 9.99 Å². The van der Waals surface area contributed by atoms with Crippen LogP contribution in [0.25, 0.3) is 10.8 Å². The molecule has 1 aliphatic rings. The fraction of sp³-hybridized carbons (Fsp3) is 0.308. The third-order valence-electron chi connectivity index (χ3n) is 3.03. The summed E-state index contributed by atoms with van der Waals surface area (Å²) in [4.78, 5) is 4.43. The molecule has 0 spiro atoms. The van der Waals surface area contributed by atoms with Crippen LogP contribution < -0.4 is 5.43 Å². The summed E-state index contributed by atoms with van der Waals surface area (Å²) in [6.45, 7) is 3.29. The van der Waals surface area contributed by atoms with Crippen LogP contribution in [0, 0.1) is 0 Å². The number of ether oxygens (including phenoxy) is 1. The van der Waals surface area contributed by atoms with Gasteiger partial charge in [-0.1, -0.05) is 28.1 Å². The van der Waals surface area contributed by atoms with Gasteiger partial charge in [0.1, 0.15) is 5.82 Å². The quantitative estimate of drug-likeness (QED) is 0.925. The van der Waals surface area contributed by atoms with Crippen molar-refractivity contribution in [1.82, 2.24) is 9.99 Å². The van der Waals surface area contributed by atoms with Crippen molar-refractivity contribution in [3.63, 3.8) is 0 Å². The first-order chi connectivity index (χ1) is 8.84. The highest BCUT2D eigenvalue weighted by Crippen LogP contribution is 2.27. The van der Waals surface area contributed by atoms with E-state index < -0.39 is 0 Å². The second kappa shape index (κ2) is 5.22. The Hall–Kier alpha value is -1.17. The Morgan fingerprint density at radius 1 is 1.17 bits per heavy atom. The van der Waals surface area contributed by atoms with E-state index in [1.54, 1.807) is 0 Å². The molecule has 2 heterocycles. The minimum atomic E-state index is 0.765. The summed E-state index contributed by atoms with van der Waals surface area (Å²) in [7, 11) is 0. The largest absolute Gasteiger partial charge is 0.379 e. The molecule has 0 unspecified atom stereocenters. The first kappa shape index (κ1) is 11.9. The molecule has 0 saturated carbocycles. The fourth-order valence-corrected chi connectivity index (χ4v) is 2.58. The van der Waals surface area contributed by atoms with Crippen molar-refractivity contribution in [1.29, 1.82) is 0 Å². The van der Waals surface area contributed by atoms with Gasteiger partial charge in [0, 0.05) is 34.5 Å². The van der Waals surface area contributed by atoms with Gasteiger partial charge in [0.25, 0.3) is 0 Å². The first-order valence-corrected chi connectivity index (χ1v) is 6.76. The van der Waals surface area contributed by atoms with Crippen molar-refractivity contribution in [2.75, 3.05) is 31.7 Å². The van der Waals surface area contributed by atoms with E-state index >= 15 is 0 Å². The minimum absolute atomic E-state index is 0.765. The summed E-state index contributed by atoms with van der Waals surface area (Å²) >= 11 is 3.57. The molecule has 1 aliphatic heterocycles. The van der Waals surface area contributed by atoms with E-state index in [1.165, 1.54) is 5.39 Å². The number of hydrogen-bond donors (Lipinski definition) is 1. The van der Waals surface area contributed by atoms with Crippen LogP contribution in [-0.2, 0) is 4.74 Å². The van der Waals surface area contributed by atoms with E-state index in [-0.39, 0.29) is 0 Å². The Kier molecular flexibility index (Phi) is 3.45. The van der Waals surface area contributed by atoms with Crippen LogP contribution in [0.3, 0.4) is 0 Å². The molecule has 0 amide bonds. The standard InChI is InChI=1S/C13H14BrN3O/c14-12-3-1-2-11-10(12)4-5-15-13(11)16-17-6-8-18-9-7-17/h1-5H,6-9H2,(H,15,16). The normalized spacial score (nSPS) is 16.9. The summed E-state index contributed by atoms with van der Waals surface area (Å²) in [6, 6.07) is 8.17. The number of halogens is 1. The summed E-state index contributed by atoms with van der Waals surface area (Å²) in [5, 5.41) is 4.44. The maximum Gasteiger partial charge on any atom is 0.148 e. The van der Waals surface area contributed by atoms with E-state index in [0.717, 1.165) is 42.0 Å². The Bertz CT molecular complexity index is 555. The molecule has 0 atom stereocenters. The molecule has 1 fully saturated rings. The highest BCUT2D eigenvalue weighted by Gasteiger charge is 2.12. The molecular formula is C13H14BrN3O.